The molecule has 5 rings (SSSR count). The van der Waals surface area contributed by atoms with Crippen LogP contribution in [0.25, 0.3) is 11.0 Å². The summed E-state index contributed by atoms with van der Waals surface area (Å²) in [7, 11) is 2.87. The number of hydrogen-bond acceptors (Lipinski definition) is 23. The Kier molecular flexibility index (Phi) is 30.4. The molecule has 1 aromatic heterocycles. The van der Waals surface area contributed by atoms with Crippen LogP contribution in [0.5, 0.6) is 0 Å². The van der Waals surface area contributed by atoms with Crippen LogP contribution in [0.3, 0.4) is 0 Å². The number of imidazole rings is 1. The van der Waals surface area contributed by atoms with E-state index in [2.05, 4.69) is 31.2 Å². The van der Waals surface area contributed by atoms with Gasteiger partial charge in [-0.15, -0.1) is 0 Å². The van der Waals surface area contributed by atoms with Gasteiger partial charge in [-0.05, 0) is 159 Å². The molecule has 100 heavy (non-hydrogen) atoms. The van der Waals surface area contributed by atoms with Crippen LogP contribution in [-0.2, 0) is 89.5 Å². The maximum Gasteiger partial charge on any atom is 0.320 e. The van der Waals surface area contributed by atoms with Crippen LogP contribution >= 0.6 is 0 Å². The van der Waals surface area contributed by atoms with Crippen LogP contribution in [0.15, 0.2) is 42.5 Å². The van der Waals surface area contributed by atoms with E-state index < -0.39 is 106 Å². The molecule has 556 valence electrons. The number of methoxy groups -OCH3 is 1. The number of fused-ring (bicyclic) bond motifs is 2. The predicted octanol–water partition coefficient (Wildman–Crippen LogP) is 4.49. The first-order valence-electron chi connectivity index (χ1n) is 34.3. The Bertz CT molecular complexity index is 3240. The van der Waals surface area contributed by atoms with Gasteiger partial charge < -0.3 is 64.5 Å². The topological polar surface area (TPSA) is 339 Å². The van der Waals surface area contributed by atoms with Crippen molar-refractivity contribution in [2.45, 2.75) is 202 Å². The number of para-hydroxylation sites is 2. The molecule has 2 aliphatic rings. The smallest absolute Gasteiger partial charge is 0.320 e. The van der Waals surface area contributed by atoms with Gasteiger partial charge in [0.05, 0.1) is 57.3 Å². The minimum Gasteiger partial charge on any atom is -0.469 e. The van der Waals surface area contributed by atoms with Crippen molar-refractivity contribution in [3.05, 3.63) is 59.4 Å². The van der Waals surface area contributed by atoms with Crippen LogP contribution in [0, 0.1) is 0 Å². The third-order valence-electron chi connectivity index (χ3n) is 15.3. The molecular formula is C71H110N12O17. The van der Waals surface area contributed by atoms with Crippen LogP contribution in [0.4, 0.5) is 5.69 Å². The molecule has 3 atom stereocenters. The predicted molar refractivity (Wildman–Crippen MR) is 373 cm³/mol. The highest BCUT2D eigenvalue weighted by Crippen LogP contribution is 2.27. The van der Waals surface area contributed by atoms with Crippen molar-refractivity contribution in [1.29, 1.82) is 0 Å². The number of anilines is 1. The number of amides is 5. The molecule has 3 aromatic rings. The first-order chi connectivity index (χ1) is 46.5. The van der Waals surface area contributed by atoms with E-state index in [9.17, 15) is 52.7 Å². The Balaban J connectivity index is 1.38. The van der Waals surface area contributed by atoms with E-state index in [0.29, 0.717) is 35.7 Å². The van der Waals surface area contributed by atoms with Gasteiger partial charge in [-0.2, -0.15) is 0 Å². The summed E-state index contributed by atoms with van der Waals surface area (Å²) < 4.78 is 33.2. The number of nitrogens with one attached hydrogen (secondary N) is 5. The summed E-state index contributed by atoms with van der Waals surface area (Å²) in [5.74, 6) is -5.81. The molecule has 5 amide bonds. The molecule has 1 saturated heterocycles. The van der Waals surface area contributed by atoms with Crippen molar-refractivity contribution in [2.24, 2.45) is 0 Å². The lowest BCUT2D eigenvalue weighted by Crippen LogP contribution is -2.55. The fraction of sp³-hybridized carbons (Fsp3) is 0.662. The SMILES string of the molecule is COC(=O)C[C@@H]1Nc2ccc(C(=O)N(C)Cc3nc4ccccc4[nH]3)cc2CN(CCCNC(=O)[C@H](CCC(=O)OC(C)(C)C)NC(=O)[C@H](CCC(=O)OC(C)(C)C)NC(=O)CN2CCN(CC(=O)OC(C)(C)C)CCN(CC(=O)OC(C)(C)C)CCN(CC(=O)OC(C)(C)C)CC2)C1=O. The van der Waals surface area contributed by atoms with Gasteiger partial charge in [0.25, 0.3) is 5.91 Å². The van der Waals surface area contributed by atoms with E-state index in [4.69, 9.17) is 28.4 Å². The second-order valence-corrected chi connectivity index (χ2v) is 30.4. The Morgan fingerprint density at radius 1 is 0.580 bits per heavy atom. The van der Waals surface area contributed by atoms with Gasteiger partial charge in [0.1, 0.15) is 52.0 Å². The fourth-order valence-corrected chi connectivity index (χ4v) is 11.0. The van der Waals surface area contributed by atoms with Gasteiger partial charge >= 0.3 is 35.8 Å². The monoisotopic (exact) mass is 1400 g/mol. The number of aromatic nitrogens is 2. The molecular weight excluding hydrogens is 1290 g/mol. The van der Waals surface area contributed by atoms with E-state index >= 15 is 0 Å². The lowest BCUT2D eigenvalue weighted by atomic mass is 10.1. The number of carbonyl (C=O) groups excluding carboxylic acids is 11. The minimum absolute atomic E-state index is 0.0145. The van der Waals surface area contributed by atoms with Crippen molar-refractivity contribution >= 4 is 82.1 Å². The highest BCUT2D eigenvalue weighted by molar-refractivity contribution is 5.96. The highest BCUT2D eigenvalue weighted by atomic mass is 16.6. The molecule has 2 aliphatic heterocycles. The lowest BCUT2D eigenvalue weighted by Gasteiger charge is -2.34. The Morgan fingerprint density at radius 2 is 1.03 bits per heavy atom. The van der Waals surface area contributed by atoms with Crippen LogP contribution in [0.2, 0.25) is 0 Å². The summed E-state index contributed by atoms with van der Waals surface area (Å²) in [5.41, 5.74) is -1.10. The van der Waals surface area contributed by atoms with Gasteiger partial charge in [0, 0.05) is 103 Å². The lowest BCUT2D eigenvalue weighted by molar-refractivity contribution is -0.158. The largest absolute Gasteiger partial charge is 0.469 e. The highest BCUT2D eigenvalue weighted by Gasteiger charge is 2.35. The van der Waals surface area contributed by atoms with Crippen LogP contribution < -0.4 is 21.3 Å². The summed E-state index contributed by atoms with van der Waals surface area (Å²) in [4.78, 5) is 170. The van der Waals surface area contributed by atoms with Gasteiger partial charge in [0.2, 0.25) is 23.6 Å². The summed E-state index contributed by atoms with van der Waals surface area (Å²) >= 11 is 0. The van der Waals surface area contributed by atoms with Crippen molar-refractivity contribution in [1.82, 2.24) is 55.3 Å². The summed E-state index contributed by atoms with van der Waals surface area (Å²) in [5, 5.41) is 11.5. The standard InChI is InChI=1S/C71H110N12O17/c1-67(2,3)96-57(85)27-25-52(63(91)72-29-20-30-83-41-48-39-47(23-24-49(48)73-54(66(83)94)40-59(87)95-17)65(93)78(16)42-55-74-50-21-18-19-22-51(50)75-55)77-64(92)53(26-28-58(86)97-68(4,5)6)76-56(84)43-79-31-33-80(44-60(88)98-69(7,8)9)35-37-82(46-62(90)100-71(13,14)15)38-36-81(34-32-79)45-61(89)99-70(10,11)12/h18-19,21-24,39,52-54,73H,20,25-38,40-46H2,1-17H3,(H,72,91)(H,74,75)(H,76,84)(H,77,92)/t52-,53-,54-/m0/s1. The molecule has 2 aromatic carbocycles. The average Bonchev–Trinajstić information content (AvgIpc) is 1.49. The number of rotatable bonds is 27. The van der Waals surface area contributed by atoms with Gasteiger partial charge in [-0.1, -0.05) is 12.1 Å². The summed E-state index contributed by atoms with van der Waals surface area (Å²) in [6.45, 7) is 27.5. The van der Waals surface area contributed by atoms with E-state index in [-0.39, 0.29) is 136 Å². The zero-order valence-corrected chi connectivity index (χ0v) is 61.9. The maximum atomic E-state index is 14.8. The fourth-order valence-electron chi connectivity index (χ4n) is 11.0. The number of H-pyrrole nitrogens is 1. The molecule has 0 bridgehead atoms. The zero-order valence-electron chi connectivity index (χ0n) is 61.9. The first kappa shape index (κ1) is 82.4. The van der Waals surface area contributed by atoms with Crippen molar-refractivity contribution < 1.29 is 81.2 Å². The number of hydrogen-bond donors (Lipinski definition) is 5. The quantitative estimate of drug-likeness (QED) is 0.0399. The summed E-state index contributed by atoms with van der Waals surface area (Å²) in [6, 6.07) is 8.60. The van der Waals surface area contributed by atoms with E-state index in [1.807, 2.05) is 39.0 Å². The first-order valence-corrected chi connectivity index (χ1v) is 34.3. The number of esters is 6. The van der Waals surface area contributed by atoms with Gasteiger partial charge in [0.15, 0.2) is 0 Å². The molecule has 0 aliphatic carbocycles. The third-order valence-corrected chi connectivity index (χ3v) is 15.3. The Hall–Kier alpha value is -8.28. The minimum atomic E-state index is -1.45. The van der Waals surface area contributed by atoms with E-state index in [1.165, 1.54) is 16.9 Å². The van der Waals surface area contributed by atoms with E-state index in [1.54, 1.807) is 134 Å². The molecule has 1 fully saturated rings. The molecule has 0 radical (unpaired) electrons. The molecule has 0 spiro atoms. The Morgan fingerprint density at radius 3 is 1.49 bits per heavy atom. The van der Waals surface area contributed by atoms with E-state index in [0.717, 1.165) is 11.0 Å². The van der Waals surface area contributed by atoms with Gasteiger partial charge in [-0.25, -0.2) is 4.98 Å². The second-order valence-electron chi connectivity index (χ2n) is 30.4. The van der Waals surface area contributed by atoms with Crippen LogP contribution in [0.1, 0.15) is 164 Å². The van der Waals surface area contributed by atoms with Crippen molar-refractivity contribution in [3.63, 3.8) is 0 Å². The molecule has 3 heterocycles. The Labute approximate surface area is 588 Å². The van der Waals surface area contributed by atoms with Crippen LogP contribution in [-0.4, -0.2) is 257 Å². The summed E-state index contributed by atoms with van der Waals surface area (Å²) in [6.07, 6.45) is -1.38. The number of ether oxygens (including phenoxy) is 6. The molecule has 5 N–H and O–H groups in total. The molecule has 29 nitrogen and oxygen atoms in total. The third kappa shape index (κ3) is 30.7. The number of nitrogens with zero attached hydrogens (tertiary/aromatic N) is 7. The second kappa shape index (κ2) is 36.9. The molecule has 29 heteroatoms. The van der Waals surface area contributed by atoms with Gasteiger partial charge in [-0.3, -0.25) is 72.3 Å². The zero-order chi connectivity index (χ0) is 74.5. The maximum absolute atomic E-state index is 14.8. The molecule has 0 unspecified atom stereocenters. The average molecular weight is 1400 g/mol. The number of benzene rings is 2. The van der Waals surface area contributed by atoms with Crippen molar-refractivity contribution in [3.8, 4) is 0 Å². The number of aromatic amines is 1. The number of carbonyl (C=O) groups is 11. The molecule has 0 saturated carbocycles. The van der Waals surface area contributed by atoms with Crippen molar-refractivity contribution in [2.75, 3.05) is 111 Å². The normalized spacial score (nSPS) is 16.6.